The van der Waals surface area contributed by atoms with Gasteiger partial charge in [0.25, 0.3) is 0 Å². The van der Waals surface area contributed by atoms with Crippen molar-refractivity contribution in [3.05, 3.63) is 70.9 Å². The molecule has 0 aliphatic rings. The average molecular weight is 258 g/mol. The lowest BCUT2D eigenvalue weighted by atomic mass is 10.0. The highest BCUT2D eigenvalue weighted by atomic mass is 16.3. The van der Waals surface area contributed by atoms with Gasteiger partial charge in [0.2, 0.25) is 0 Å². The molecule has 19 heavy (non-hydrogen) atoms. The molecule has 0 bridgehead atoms. The fourth-order valence-electron chi connectivity index (χ4n) is 1.31. The smallest absolute Gasteiger partial charge is 0.0681 e. The predicted molar refractivity (Wildman–Crippen MR) is 86.1 cm³/mol. The van der Waals surface area contributed by atoms with Crippen LogP contribution in [0.15, 0.2) is 70.9 Å². The van der Waals surface area contributed by atoms with E-state index in [0.29, 0.717) is 0 Å². The summed E-state index contributed by atoms with van der Waals surface area (Å²) in [5.41, 5.74) is 6.34. The van der Waals surface area contributed by atoms with Gasteiger partial charge in [0.15, 0.2) is 0 Å². The molecule has 0 atom stereocenters. The molecule has 0 aliphatic heterocycles. The fraction of sp³-hybridized carbons (Fsp3) is 0.333. The van der Waals surface area contributed by atoms with Crippen LogP contribution < -0.4 is 0 Å². The zero-order chi connectivity index (χ0) is 15.0. The maximum absolute atomic E-state index is 9.32. The van der Waals surface area contributed by atoms with E-state index in [1.54, 1.807) is 6.08 Å². The van der Waals surface area contributed by atoms with Gasteiger partial charge in [0.1, 0.15) is 0 Å². The molecule has 0 aromatic carbocycles. The second-order valence-corrected chi connectivity index (χ2v) is 5.03. The number of hydrogen-bond acceptors (Lipinski definition) is 1. The standard InChI is InChI=1S/C18H26O/c1-8-17(11-18(12-19)14(4)5)16(7)10-9-15(6)13(2)3/h8-11,19H,1,7,12H2,2-6H3/b10-9-,17-11+. The Hall–Kier alpha value is -1.60. The lowest BCUT2D eigenvalue weighted by molar-refractivity contribution is 0.333. The van der Waals surface area contributed by atoms with Crippen LogP contribution in [-0.2, 0) is 0 Å². The van der Waals surface area contributed by atoms with E-state index in [2.05, 4.69) is 40.0 Å². The lowest BCUT2D eigenvalue weighted by Crippen LogP contribution is -1.92. The van der Waals surface area contributed by atoms with Gasteiger partial charge in [0.05, 0.1) is 6.61 Å². The summed E-state index contributed by atoms with van der Waals surface area (Å²) in [6, 6.07) is 0. The van der Waals surface area contributed by atoms with Crippen LogP contribution in [0.5, 0.6) is 0 Å². The highest BCUT2D eigenvalue weighted by Crippen LogP contribution is 2.17. The fourth-order valence-corrected chi connectivity index (χ4v) is 1.31. The van der Waals surface area contributed by atoms with E-state index in [0.717, 1.165) is 22.3 Å². The minimum Gasteiger partial charge on any atom is -0.392 e. The van der Waals surface area contributed by atoms with Crippen LogP contribution in [0, 0.1) is 0 Å². The molecule has 0 unspecified atom stereocenters. The molecule has 1 N–H and O–H groups in total. The molecule has 0 heterocycles. The number of aliphatic hydroxyl groups is 1. The quantitative estimate of drug-likeness (QED) is 0.672. The molecule has 0 radical (unpaired) electrons. The summed E-state index contributed by atoms with van der Waals surface area (Å²) >= 11 is 0. The molecule has 0 amide bonds. The van der Waals surface area contributed by atoms with Crippen molar-refractivity contribution in [3.8, 4) is 0 Å². The zero-order valence-electron chi connectivity index (χ0n) is 12.9. The van der Waals surface area contributed by atoms with Gasteiger partial charge in [-0.3, -0.25) is 0 Å². The molecule has 0 fully saturated rings. The van der Waals surface area contributed by atoms with Crippen molar-refractivity contribution in [1.82, 2.24) is 0 Å². The van der Waals surface area contributed by atoms with Crippen molar-refractivity contribution in [2.45, 2.75) is 34.6 Å². The van der Waals surface area contributed by atoms with Crippen LogP contribution in [0.1, 0.15) is 34.6 Å². The van der Waals surface area contributed by atoms with Crippen LogP contribution in [0.25, 0.3) is 0 Å². The molecule has 0 aromatic rings. The molecule has 1 heteroatoms. The van der Waals surface area contributed by atoms with Crippen LogP contribution in [0.2, 0.25) is 0 Å². The number of aliphatic hydroxyl groups excluding tert-OH is 1. The van der Waals surface area contributed by atoms with Gasteiger partial charge in [-0.25, -0.2) is 0 Å². The number of hydrogen-bond donors (Lipinski definition) is 1. The van der Waals surface area contributed by atoms with E-state index >= 15 is 0 Å². The first kappa shape index (κ1) is 17.4. The molecular weight excluding hydrogens is 232 g/mol. The molecule has 104 valence electrons. The van der Waals surface area contributed by atoms with Crippen LogP contribution in [-0.4, -0.2) is 11.7 Å². The Morgan fingerprint density at radius 3 is 1.95 bits per heavy atom. The first-order valence-corrected chi connectivity index (χ1v) is 6.46. The predicted octanol–water partition coefficient (Wildman–Crippen LogP) is 4.90. The van der Waals surface area contributed by atoms with Crippen molar-refractivity contribution < 1.29 is 5.11 Å². The zero-order valence-corrected chi connectivity index (χ0v) is 12.9. The molecule has 1 nitrogen and oxygen atoms in total. The summed E-state index contributed by atoms with van der Waals surface area (Å²) in [5, 5.41) is 9.32. The Kier molecular flexibility index (Phi) is 7.78. The first-order chi connectivity index (χ1) is 8.83. The third-order valence-electron chi connectivity index (χ3n) is 3.06. The van der Waals surface area contributed by atoms with Crippen molar-refractivity contribution in [3.63, 3.8) is 0 Å². The van der Waals surface area contributed by atoms with Gasteiger partial charge in [-0.05, 0) is 57.4 Å². The summed E-state index contributed by atoms with van der Waals surface area (Å²) in [6.07, 6.45) is 7.74. The van der Waals surface area contributed by atoms with E-state index in [1.807, 2.05) is 26.0 Å². The highest BCUT2D eigenvalue weighted by molar-refractivity contribution is 5.49. The molecule has 0 aliphatic carbocycles. The van der Waals surface area contributed by atoms with E-state index in [-0.39, 0.29) is 6.61 Å². The molecule has 0 spiro atoms. The van der Waals surface area contributed by atoms with Crippen LogP contribution in [0.3, 0.4) is 0 Å². The average Bonchev–Trinajstić information content (AvgIpc) is 2.36. The summed E-state index contributed by atoms with van der Waals surface area (Å²) in [7, 11) is 0. The number of allylic oxidation sites excluding steroid dienone is 8. The summed E-state index contributed by atoms with van der Waals surface area (Å²) in [4.78, 5) is 0. The second-order valence-electron chi connectivity index (χ2n) is 5.03. The van der Waals surface area contributed by atoms with E-state index in [4.69, 9.17) is 0 Å². The normalized spacial score (nSPS) is 11.4. The van der Waals surface area contributed by atoms with Crippen molar-refractivity contribution in [1.29, 1.82) is 0 Å². The van der Waals surface area contributed by atoms with Crippen molar-refractivity contribution >= 4 is 0 Å². The van der Waals surface area contributed by atoms with Crippen LogP contribution >= 0.6 is 0 Å². The summed E-state index contributed by atoms with van der Waals surface area (Å²) in [5.74, 6) is 0. The van der Waals surface area contributed by atoms with Crippen molar-refractivity contribution in [2.75, 3.05) is 6.61 Å². The summed E-state index contributed by atoms with van der Waals surface area (Å²) < 4.78 is 0. The monoisotopic (exact) mass is 258 g/mol. The third kappa shape index (κ3) is 6.21. The van der Waals surface area contributed by atoms with Crippen LogP contribution in [0.4, 0.5) is 0 Å². The molecule has 0 rings (SSSR count). The van der Waals surface area contributed by atoms with E-state index in [1.165, 1.54) is 11.1 Å². The third-order valence-corrected chi connectivity index (χ3v) is 3.06. The minimum atomic E-state index is 0.0314. The molecular formula is C18H26O. The van der Waals surface area contributed by atoms with Gasteiger partial charge < -0.3 is 5.11 Å². The topological polar surface area (TPSA) is 20.2 Å². The van der Waals surface area contributed by atoms with Gasteiger partial charge in [-0.15, -0.1) is 0 Å². The largest absolute Gasteiger partial charge is 0.392 e. The Morgan fingerprint density at radius 1 is 1.00 bits per heavy atom. The Balaban J connectivity index is 5.26. The van der Waals surface area contributed by atoms with Gasteiger partial charge in [-0.1, -0.05) is 48.1 Å². The Labute approximate surface area is 118 Å². The van der Waals surface area contributed by atoms with Gasteiger partial charge in [-0.2, -0.15) is 0 Å². The Bertz CT molecular complexity index is 460. The van der Waals surface area contributed by atoms with Gasteiger partial charge >= 0.3 is 0 Å². The van der Waals surface area contributed by atoms with Crippen molar-refractivity contribution in [2.24, 2.45) is 0 Å². The van der Waals surface area contributed by atoms with E-state index < -0.39 is 0 Å². The number of rotatable bonds is 6. The second kappa shape index (κ2) is 8.49. The molecule has 0 saturated heterocycles. The lowest BCUT2D eigenvalue weighted by Gasteiger charge is -2.06. The highest BCUT2D eigenvalue weighted by Gasteiger charge is 1.99. The van der Waals surface area contributed by atoms with E-state index in [9.17, 15) is 5.11 Å². The Morgan fingerprint density at radius 2 is 1.58 bits per heavy atom. The SMILES string of the molecule is C=C/C(=C\C(CO)=C(C)C)C(=C)/C=C\C(C)=C(C)C. The minimum absolute atomic E-state index is 0.0314. The van der Waals surface area contributed by atoms with Gasteiger partial charge in [0, 0.05) is 0 Å². The molecule has 0 aromatic heterocycles. The first-order valence-electron chi connectivity index (χ1n) is 6.46. The molecule has 0 saturated carbocycles. The summed E-state index contributed by atoms with van der Waals surface area (Å²) in [6.45, 7) is 18.1. The maximum atomic E-state index is 9.32. The maximum Gasteiger partial charge on any atom is 0.0681 e.